The maximum Gasteiger partial charge on any atom is 0.118 e. The molecule has 4 atom stereocenters. The van der Waals surface area contributed by atoms with E-state index in [4.69, 9.17) is 4.74 Å². The Hall–Kier alpha value is -1.94. The average molecular weight is 278 g/mol. The van der Waals surface area contributed by atoms with Crippen molar-refractivity contribution < 1.29 is 14.9 Å². The number of ether oxygens (including phenoxy) is 1. The molecule has 2 aliphatic rings. The van der Waals surface area contributed by atoms with Gasteiger partial charge in [-0.2, -0.15) is 0 Å². The Morgan fingerprint density at radius 1 is 0.857 bits per heavy atom. The molecule has 3 aromatic carbocycles. The summed E-state index contributed by atoms with van der Waals surface area (Å²) in [7, 11) is 0. The van der Waals surface area contributed by atoms with Gasteiger partial charge in [-0.15, -0.1) is 0 Å². The molecule has 3 aromatic rings. The van der Waals surface area contributed by atoms with Crippen molar-refractivity contribution in [1.29, 1.82) is 0 Å². The van der Waals surface area contributed by atoms with Crippen molar-refractivity contribution in [1.82, 2.24) is 0 Å². The van der Waals surface area contributed by atoms with Crippen molar-refractivity contribution in [3.05, 3.63) is 59.7 Å². The molecule has 2 unspecified atom stereocenters. The van der Waals surface area contributed by atoms with Gasteiger partial charge < -0.3 is 14.9 Å². The molecular formula is C18H14O3. The number of epoxide rings is 1. The van der Waals surface area contributed by atoms with E-state index in [-0.39, 0.29) is 12.2 Å². The van der Waals surface area contributed by atoms with Crippen LogP contribution in [0.2, 0.25) is 0 Å². The normalized spacial score (nSPS) is 30.2. The number of rotatable bonds is 0. The molecule has 0 radical (unpaired) electrons. The zero-order valence-corrected chi connectivity index (χ0v) is 11.2. The Labute approximate surface area is 121 Å². The van der Waals surface area contributed by atoms with E-state index in [1.54, 1.807) is 0 Å². The quantitative estimate of drug-likeness (QED) is 0.491. The fraction of sp³-hybridized carbons (Fsp3) is 0.222. The van der Waals surface area contributed by atoms with Gasteiger partial charge in [0.25, 0.3) is 0 Å². The molecule has 1 saturated heterocycles. The number of aliphatic hydroxyl groups is 2. The van der Waals surface area contributed by atoms with Gasteiger partial charge in [-0.3, -0.25) is 0 Å². The topological polar surface area (TPSA) is 53.0 Å². The highest BCUT2D eigenvalue weighted by molar-refractivity contribution is 6.00. The van der Waals surface area contributed by atoms with Crippen molar-refractivity contribution in [2.45, 2.75) is 24.4 Å². The SMILES string of the molecule is OC1c2c(ccc3cc4ccccc4cc23)C2O[C@@H]2[C@@H]1O. The lowest BCUT2D eigenvalue weighted by Crippen LogP contribution is -2.29. The van der Waals surface area contributed by atoms with Crippen molar-refractivity contribution in [2.75, 3.05) is 0 Å². The largest absolute Gasteiger partial charge is 0.387 e. The van der Waals surface area contributed by atoms with E-state index in [0.29, 0.717) is 0 Å². The van der Waals surface area contributed by atoms with Crippen LogP contribution in [0.3, 0.4) is 0 Å². The summed E-state index contributed by atoms with van der Waals surface area (Å²) in [5, 5.41) is 25.0. The van der Waals surface area contributed by atoms with Gasteiger partial charge >= 0.3 is 0 Å². The third kappa shape index (κ3) is 1.48. The summed E-state index contributed by atoms with van der Waals surface area (Å²) in [5.74, 6) is 0. The maximum atomic E-state index is 10.5. The van der Waals surface area contributed by atoms with E-state index in [1.807, 2.05) is 18.2 Å². The highest BCUT2D eigenvalue weighted by Gasteiger charge is 2.54. The Balaban J connectivity index is 1.88. The predicted molar refractivity (Wildman–Crippen MR) is 80.0 cm³/mol. The molecule has 0 bridgehead atoms. The second-order valence-electron chi connectivity index (χ2n) is 5.95. The molecule has 1 heterocycles. The lowest BCUT2D eigenvalue weighted by Gasteiger charge is -2.25. The Kier molecular flexibility index (Phi) is 2.13. The lowest BCUT2D eigenvalue weighted by atomic mass is 9.83. The Morgan fingerprint density at radius 2 is 1.62 bits per heavy atom. The highest BCUT2D eigenvalue weighted by atomic mass is 16.6. The molecule has 3 heteroatoms. The van der Waals surface area contributed by atoms with Gasteiger partial charge in [-0.1, -0.05) is 36.4 Å². The van der Waals surface area contributed by atoms with Crippen molar-refractivity contribution >= 4 is 21.5 Å². The van der Waals surface area contributed by atoms with E-state index in [1.165, 1.54) is 5.39 Å². The van der Waals surface area contributed by atoms with Crippen LogP contribution < -0.4 is 0 Å². The molecule has 3 nitrogen and oxygen atoms in total. The maximum absolute atomic E-state index is 10.5. The zero-order chi connectivity index (χ0) is 14.1. The van der Waals surface area contributed by atoms with Gasteiger partial charge in [-0.05, 0) is 44.8 Å². The molecule has 21 heavy (non-hydrogen) atoms. The number of aliphatic hydroxyl groups excluding tert-OH is 2. The van der Waals surface area contributed by atoms with Crippen LogP contribution in [0.15, 0.2) is 48.5 Å². The van der Waals surface area contributed by atoms with E-state index in [2.05, 4.69) is 30.3 Å². The van der Waals surface area contributed by atoms with Crippen LogP contribution in [-0.4, -0.2) is 22.4 Å². The minimum absolute atomic E-state index is 0.0609. The van der Waals surface area contributed by atoms with Gasteiger partial charge in [0, 0.05) is 0 Å². The molecule has 0 spiro atoms. The van der Waals surface area contributed by atoms with E-state index >= 15 is 0 Å². The first kappa shape index (κ1) is 11.7. The van der Waals surface area contributed by atoms with Crippen LogP contribution in [0.1, 0.15) is 23.3 Å². The van der Waals surface area contributed by atoms with Crippen LogP contribution >= 0.6 is 0 Å². The van der Waals surface area contributed by atoms with Crippen molar-refractivity contribution in [2.24, 2.45) is 0 Å². The summed E-state index contributed by atoms with van der Waals surface area (Å²) in [5.41, 5.74) is 1.84. The molecule has 2 N–H and O–H groups in total. The predicted octanol–water partition coefficient (Wildman–Crippen LogP) is 2.84. The number of fused-ring (bicyclic) bond motifs is 6. The van der Waals surface area contributed by atoms with Gasteiger partial charge in [0.05, 0.1) is 0 Å². The first-order valence-electron chi connectivity index (χ1n) is 7.21. The van der Waals surface area contributed by atoms with Crippen molar-refractivity contribution in [3.63, 3.8) is 0 Å². The molecule has 1 fully saturated rings. The lowest BCUT2D eigenvalue weighted by molar-refractivity contribution is 0.000831. The molecule has 5 rings (SSSR count). The summed E-state index contributed by atoms with van der Waals surface area (Å²) >= 11 is 0. The third-order valence-corrected chi connectivity index (χ3v) is 4.75. The Morgan fingerprint density at radius 3 is 2.43 bits per heavy atom. The van der Waals surface area contributed by atoms with Crippen LogP contribution in [0.4, 0.5) is 0 Å². The first-order valence-corrected chi connectivity index (χ1v) is 7.21. The minimum Gasteiger partial charge on any atom is -0.387 e. The van der Waals surface area contributed by atoms with Gasteiger partial charge in [0.2, 0.25) is 0 Å². The molecule has 0 amide bonds. The fourth-order valence-electron chi connectivity index (χ4n) is 3.62. The summed E-state index contributed by atoms with van der Waals surface area (Å²) < 4.78 is 5.51. The monoisotopic (exact) mass is 278 g/mol. The molecule has 104 valence electrons. The van der Waals surface area contributed by atoms with E-state index in [9.17, 15) is 10.2 Å². The molecule has 0 saturated carbocycles. The number of benzene rings is 3. The number of hydrogen-bond acceptors (Lipinski definition) is 3. The van der Waals surface area contributed by atoms with E-state index in [0.717, 1.165) is 27.3 Å². The second-order valence-corrected chi connectivity index (χ2v) is 5.95. The average Bonchev–Trinajstić information content (AvgIpc) is 3.30. The Bertz CT molecular complexity index is 886. The fourth-order valence-corrected chi connectivity index (χ4v) is 3.62. The smallest absolute Gasteiger partial charge is 0.118 e. The summed E-state index contributed by atoms with van der Waals surface area (Å²) in [6, 6.07) is 16.5. The third-order valence-electron chi connectivity index (χ3n) is 4.75. The second kappa shape index (κ2) is 3.83. The van der Waals surface area contributed by atoms with Crippen LogP contribution in [0.5, 0.6) is 0 Å². The summed E-state index contributed by atoms with van der Waals surface area (Å²) in [4.78, 5) is 0. The molecule has 1 aliphatic heterocycles. The van der Waals surface area contributed by atoms with E-state index < -0.39 is 12.2 Å². The summed E-state index contributed by atoms with van der Waals surface area (Å²) in [6.07, 6.45) is -2.02. The van der Waals surface area contributed by atoms with Crippen LogP contribution in [-0.2, 0) is 4.74 Å². The van der Waals surface area contributed by atoms with Crippen molar-refractivity contribution in [3.8, 4) is 0 Å². The molecule has 1 aliphatic carbocycles. The zero-order valence-electron chi connectivity index (χ0n) is 11.2. The standard InChI is InChI=1S/C18H14O3/c19-15-14-12(17-18(21-17)16(15)20)6-5-11-7-9-3-1-2-4-10(9)8-13(11)14/h1-8,15-20H/t15?,16-,17?,18-/m1/s1. The van der Waals surface area contributed by atoms with Gasteiger partial charge in [0.1, 0.15) is 24.4 Å². The number of hydrogen-bond donors (Lipinski definition) is 2. The molecule has 0 aromatic heterocycles. The summed E-state index contributed by atoms with van der Waals surface area (Å²) in [6.45, 7) is 0. The first-order chi connectivity index (χ1) is 10.2. The van der Waals surface area contributed by atoms with Crippen LogP contribution in [0.25, 0.3) is 21.5 Å². The van der Waals surface area contributed by atoms with Gasteiger partial charge in [-0.25, -0.2) is 0 Å². The molecular weight excluding hydrogens is 264 g/mol. The van der Waals surface area contributed by atoms with Gasteiger partial charge in [0.15, 0.2) is 0 Å². The highest BCUT2D eigenvalue weighted by Crippen LogP contribution is 2.52. The van der Waals surface area contributed by atoms with Crippen LogP contribution in [0, 0.1) is 0 Å². The minimum atomic E-state index is -0.881.